The summed E-state index contributed by atoms with van der Waals surface area (Å²) in [6.07, 6.45) is -0.849. The molecule has 1 rings (SSSR count). The zero-order valence-corrected chi connectivity index (χ0v) is 9.36. The zero-order valence-electron chi connectivity index (χ0n) is 9.36. The molecule has 0 aliphatic carbocycles. The minimum Gasteiger partial charge on any atom is -0.497 e. The Kier molecular flexibility index (Phi) is 4.08. The van der Waals surface area contributed by atoms with Crippen LogP contribution in [-0.2, 0) is 4.79 Å². The number of carbonyl (C=O) groups excluding carboxylic acids is 1. The topological polar surface area (TPSA) is 58.6 Å². The molecule has 0 bridgehead atoms. The van der Waals surface area contributed by atoms with Crippen molar-refractivity contribution in [2.45, 2.75) is 13.0 Å². The standard InChI is InChI=1S/C12H15NO3/c1-8(9(2)14)12(15)13-10-4-6-11(16-3)7-5-10/h4-7,9,14H,1H2,2-3H3,(H,13,15)/t9-/m1/s1. The third kappa shape index (κ3) is 3.10. The van der Waals surface area contributed by atoms with Crippen LogP contribution in [-0.4, -0.2) is 24.2 Å². The fourth-order valence-corrected chi connectivity index (χ4v) is 1.08. The lowest BCUT2D eigenvalue weighted by Gasteiger charge is -2.09. The van der Waals surface area contributed by atoms with Crippen LogP contribution in [0.1, 0.15) is 6.92 Å². The van der Waals surface area contributed by atoms with Gasteiger partial charge in [0.05, 0.1) is 13.2 Å². The Bertz CT molecular complexity index is 382. The summed E-state index contributed by atoms with van der Waals surface area (Å²) in [6.45, 7) is 4.99. The Hall–Kier alpha value is -1.81. The molecule has 1 aromatic carbocycles. The van der Waals surface area contributed by atoms with Crippen molar-refractivity contribution in [3.63, 3.8) is 0 Å². The molecule has 86 valence electrons. The van der Waals surface area contributed by atoms with E-state index in [9.17, 15) is 9.90 Å². The van der Waals surface area contributed by atoms with E-state index in [4.69, 9.17) is 4.74 Å². The minimum atomic E-state index is -0.849. The van der Waals surface area contributed by atoms with Crippen LogP contribution in [0.2, 0.25) is 0 Å². The Morgan fingerprint density at radius 3 is 2.44 bits per heavy atom. The van der Waals surface area contributed by atoms with Crippen molar-refractivity contribution in [3.8, 4) is 5.75 Å². The lowest BCUT2D eigenvalue weighted by atomic mass is 10.2. The molecule has 0 unspecified atom stereocenters. The second-order valence-corrected chi connectivity index (χ2v) is 3.38. The normalized spacial score (nSPS) is 11.7. The van der Waals surface area contributed by atoms with Gasteiger partial charge in [0.2, 0.25) is 0 Å². The van der Waals surface area contributed by atoms with Crippen LogP contribution in [0.4, 0.5) is 5.69 Å². The van der Waals surface area contributed by atoms with Gasteiger partial charge in [0.1, 0.15) is 5.75 Å². The highest BCUT2D eigenvalue weighted by atomic mass is 16.5. The fraction of sp³-hybridized carbons (Fsp3) is 0.250. The lowest BCUT2D eigenvalue weighted by molar-refractivity contribution is -0.113. The first kappa shape index (κ1) is 12.3. The van der Waals surface area contributed by atoms with E-state index in [1.54, 1.807) is 31.4 Å². The van der Waals surface area contributed by atoms with Gasteiger partial charge < -0.3 is 15.2 Å². The maximum Gasteiger partial charge on any atom is 0.253 e. The van der Waals surface area contributed by atoms with Crippen LogP contribution < -0.4 is 10.1 Å². The molecule has 1 atom stereocenters. The predicted octanol–water partition coefficient (Wildman–Crippen LogP) is 1.57. The third-order valence-corrected chi connectivity index (χ3v) is 2.14. The van der Waals surface area contributed by atoms with E-state index in [2.05, 4.69) is 11.9 Å². The van der Waals surface area contributed by atoms with Gasteiger partial charge in [-0.2, -0.15) is 0 Å². The third-order valence-electron chi connectivity index (χ3n) is 2.14. The number of nitrogens with one attached hydrogen (secondary N) is 1. The molecular formula is C12H15NO3. The molecule has 0 saturated carbocycles. The minimum absolute atomic E-state index is 0.135. The molecule has 0 spiro atoms. The van der Waals surface area contributed by atoms with Gasteiger partial charge in [-0.3, -0.25) is 4.79 Å². The summed E-state index contributed by atoms with van der Waals surface area (Å²) in [5, 5.41) is 11.8. The number of aliphatic hydroxyl groups excluding tert-OH is 1. The predicted molar refractivity (Wildman–Crippen MR) is 62.4 cm³/mol. The van der Waals surface area contributed by atoms with Crippen LogP contribution in [0.3, 0.4) is 0 Å². The molecule has 4 nitrogen and oxygen atoms in total. The molecule has 0 fully saturated rings. The highest BCUT2D eigenvalue weighted by Gasteiger charge is 2.11. The van der Waals surface area contributed by atoms with Crippen LogP contribution in [0, 0.1) is 0 Å². The Balaban J connectivity index is 2.66. The second-order valence-electron chi connectivity index (χ2n) is 3.38. The van der Waals surface area contributed by atoms with Gasteiger partial charge in [-0.05, 0) is 31.2 Å². The number of hydrogen-bond acceptors (Lipinski definition) is 3. The summed E-state index contributed by atoms with van der Waals surface area (Å²) in [6, 6.07) is 6.90. The van der Waals surface area contributed by atoms with Gasteiger partial charge >= 0.3 is 0 Å². The van der Waals surface area contributed by atoms with Crippen molar-refractivity contribution in [2.24, 2.45) is 0 Å². The molecule has 0 aliphatic rings. The quantitative estimate of drug-likeness (QED) is 0.759. The summed E-state index contributed by atoms with van der Waals surface area (Å²) >= 11 is 0. The number of anilines is 1. The van der Waals surface area contributed by atoms with E-state index < -0.39 is 6.10 Å². The first-order valence-corrected chi connectivity index (χ1v) is 4.87. The summed E-state index contributed by atoms with van der Waals surface area (Å²) in [4.78, 5) is 11.5. The van der Waals surface area contributed by atoms with Crippen molar-refractivity contribution in [3.05, 3.63) is 36.4 Å². The second kappa shape index (κ2) is 5.32. The number of amides is 1. The Morgan fingerprint density at radius 2 is 2.00 bits per heavy atom. The van der Waals surface area contributed by atoms with Gasteiger partial charge in [0.15, 0.2) is 0 Å². The number of ether oxygens (including phenoxy) is 1. The highest BCUT2D eigenvalue weighted by molar-refractivity contribution is 6.03. The molecular weight excluding hydrogens is 206 g/mol. The molecule has 1 aromatic rings. The number of aliphatic hydroxyl groups is 1. The summed E-state index contributed by atoms with van der Waals surface area (Å²) in [7, 11) is 1.57. The molecule has 0 aromatic heterocycles. The number of benzene rings is 1. The van der Waals surface area contributed by atoms with E-state index in [1.165, 1.54) is 6.92 Å². The summed E-state index contributed by atoms with van der Waals surface area (Å²) in [5.41, 5.74) is 0.767. The van der Waals surface area contributed by atoms with Gasteiger partial charge in [-0.15, -0.1) is 0 Å². The molecule has 2 N–H and O–H groups in total. The maximum absolute atomic E-state index is 11.5. The van der Waals surface area contributed by atoms with Gasteiger partial charge in [-0.1, -0.05) is 6.58 Å². The molecule has 0 saturated heterocycles. The van der Waals surface area contributed by atoms with E-state index in [0.29, 0.717) is 11.4 Å². The van der Waals surface area contributed by atoms with Crippen molar-refractivity contribution < 1.29 is 14.6 Å². The number of carbonyl (C=O) groups is 1. The van der Waals surface area contributed by atoms with E-state index >= 15 is 0 Å². The van der Waals surface area contributed by atoms with Crippen LogP contribution >= 0.6 is 0 Å². The molecule has 1 amide bonds. The monoisotopic (exact) mass is 221 g/mol. The van der Waals surface area contributed by atoms with Crippen molar-refractivity contribution >= 4 is 11.6 Å². The van der Waals surface area contributed by atoms with Gasteiger partial charge in [0.25, 0.3) is 5.91 Å². The van der Waals surface area contributed by atoms with E-state index in [1.807, 2.05) is 0 Å². The average Bonchev–Trinajstić information content (AvgIpc) is 2.28. The summed E-state index contributed by atoms with van der Waals surface area (Å²) in [5.74, 6) is 0.326. The van der Waals surface area contributed by atoms with Crippen molar-refractivity contribution in [1.82, 2.24) is 0 Å². The van der Waals surface area contributed by atoms with E-state index in [0.717, 1.165) is 0 Å². The summed E-state index contributed by atoms with van der Waals surface area (Å²) < 4.78 is 4.99. The Morgan fingerprint density at radius 1 is 1.44 bits per heavy atom. The molecule has 0 aliphatic heterocycles. The first-order chi connectivity index (χ1) is 7.54. The number of rotatable bonds is 4. The van der Waals surface area contributed by atoms with E-state index in [-0.39, 0.29) is 11.5 Å². The van der Waals surface area contributed by atoms with Crippen LogP contribution in [0.15, 0.2) is 36.4 Å². The van der Waals surface area contributed by atoms with Crippen LogP contribution in [0.5, 0.6) is 5.75 Å². The first-order valence-electron chi connectivity index (χ1n) is 4.87. The SMILES string of the molecule is C=C(C(=O)Nc1ccc(OC)cc1)[C@@H](C)O. The smallest absolute Gasteiger partial charge is 0.253 e. The van der Waals surface area contributed by atoms with Crippen molar-refractivity contribution in [2.75, 3.05) is 12.4 Å². The average molecular weight is 221 g/mol. The number of hydrogen-bond donors (Lipinski definition) is 2. The Labute approximate surface area is 94.6 Å². The maximum atomic E-state index is 11.5. The number of methoxy groups -OCH3 is 1. The molecule has 0 radical (unpaired) electrons. The largest absolute Gasteiger partial charge is 0.497 e. The molecule has 0 heterocycles. The van der Waals surface area contributed by atoms with Crippen molar-refractivity contribution in [1.29, 1.82) is 0 Å². The zero-order chi connectivity index (χ0) is 12.1. The molecule has 4 heteroatoms. The van der Waals surface area contributed by atoms with Gasteiger partial charge in [0, 0.05) is 11.3 Å². The lowest BCUT2D eigenvalue weighted by Crippen LogP contribution is -2.20. The highest BCUT2D eigenvalue weighted by Crippen LogP contribution is 2.15. The van der Waals surface area contributed by atoms with Gasteiger partial charge in [-0.25, -0.2) is 0 Å². The van der Waals surface area contributed by atoms with Crippen LogP contribution in [0.25, 0.3) is 0 Å². The fourth-order valence-electron chi connectivity index (χ4n) is 1.08. The molecule has 16 heavy (non-hydrogen) atoms.